The molecule has 0 aliphatic heterocycles. The van der Waals surface area contributed by atoms with Gasteiger partial charge < -0.3 is 4.57 Å². The number of nitrogens with zero attached hydrogens (tertiary/aromatic N) is 3. The molecule has 1 N–H and O–H groups in total. The normalized spacial score (nSPS) is 11.8. The van der Waals surface area contributed by atoms with Crippen LogP contribution in [-0.4, -0.2) is 22.4 Å². The number of hydrogen-bond donors (Lipinski definition) is 1. The molecule has 3 heterocycles. The van der Waals surface area contributed by atoms with E-state index in [1.54, 1.807) is 24.4 Å². The lowest BCUT2D eigenvalue weighted by Crippen LogP contribution is -2.30. The van der Waals surface area contributed by atoms with E-state index in [0.717, 1.165) is 5.56 Å². The predicted molar refractivity (Wildman–Crippen MR) is 125 cm³/mol. The zero-order valence-corrected chi connectivity index (χ0v) is 18.7. The topological polar surface area (TPSA) is 97.3 Å². The molecule has 0 aliphatic rings. The average molecular weight is 477 g/mol. The van der Waals surface area contributed by atoms with E-state index in [9.17, 15) is 13.2 Å². The van der Waals surface area contributed by atoms with Crippen molar-refractivity contribution in [3.63, 3.8) is 0 Å². The van der Waals surface area contributed by atoms with Crippen molar-refractivity contribution in [3.8, 4) is 0 Å². The fourth-order valence-corrected chi connectivity index (χ4v) is 5.24. The van der Waals surface area contributed by atoms with Gasteiger partial charge in [-0.2, -0.15) is 0 Å². The van der Waals surface area contributed by atoms with Crippen LogP contribution in [0.25, 0.3) is 16.7 Å². The second kappa shape index (κ2) is 7.99. The number of sulfone groups is 1. The van der Waals surface area contributed by atoms with Crippen molar-refractivity contribution < 1.29 is 8.42 Å². The van der Waals surface area contributed by atoms with Gasteiger partial charge >= 0.3 is 0 Å². The maximum atomic E-state index is 13.5. The Balaban J connectivity index is 1.88. The summed E-state index contributed by atoms with van der Waals surface area (Å²) in [6.07, 6.45) is 1.58. The molecule has 5 aromatic rings. The highest BCUT2D eigenvalue weighted by Gasteiger charge is 2.24. The Morgan fingerprint density at radius 3 is 2.36 bits per heavy atom. The van der Waals surface area contributed by atoms with E-state index in [2.05, 4.69) is 4.98 Å². The first-order valence-corrected chi connectivity index (χ1v) is 11.9. The molecule has 0 fully saturated rings. The van der Waals surface area contributed by atoms with E-state index in [1.807, 2.05) is 30.3 Å². The molecule has 164 valence electrons. The minimum Gasteiger partial charge on any atom is -0.305 e. The zero-order chi connectivity index (χ0) is 23.2. The third-order valence-corrected chi connectivity index (χ3v) is 7.42. The Labute approximate surface area is 193 Å². The monoisotopic (exact) mass is 476 g/mol. The predicted octanol–water partition coefficient (Wildman–Crippen LogP) is 3.66. The largest absolute Gasteiger partial charge is 0.305 e. The summed E-state index contributed by atoms with van der Waals surface area (Å²) in [6, 6.07) is 21.4. The molecule has 33 heavy (non-hydrogen) atoms. The lowest BCUT2D eigenvalue weighted by Gasteiger charge is -2.15. The molecule has 0 radical (unpaired) electrons. The van der Waals surface area contributed by atoms with Crippen LogP contribution in [0.15, 0.2) is 99.6 Å². The second-order valence-corrected chi connectivity index (χ2v) is 9.82. The van der Waals surface area contributed by atoms with Crippen LogP contribution in [0.5, 0.6) is 0 Å². The van der Waals surface area contributed by atoms with Crippen molar-refractivity contribution in [2.45, 2.75) is 16.3 Å². The summed E-state index contributed by atoms with van der Waals surface area (Å²) in [7, 11) is -4.11. The van der Waals surface area contributed by atoms with Gasteiger partial charge in [0.25, 0.3) is 5.56 Å². The van der Waals surface area contributed by atoms with Crippen LogP contribution >= 0.6 is 11.6 Å². The van der Waals surface area contributed by atoms with Crippen LogP contribution in [0, 0.1) is 5.41 Å². The minimum atomic E-state index is -4.11. The molecule has 0 aliphatic carbocycles. The Morgan fingerprint density at radius 2 is 1.64 bits per heavy atom. The molecule has 0 saturated carbocycles. The number of hydrogen-bond acceptors (Lipinski definition) is 5. The van der Waals surface area contributed by atoms with Crippen molar-refractivity contribution in [1.82, 2.24) is 14.0 Å². The molecule has 0 spiro atoms. The first-order chi connectivity index (χ1) is 15.9. The maximum absolute atomic E-state index is 13.5. The fraction of sp³-hybridized carbons (Fsp3) is 0.0417. The summed E-state index contributed by atoms with van der Waals surface area (Å²) in [6.45, 7) is 0.176. The third kappa shape index (κ3) is 3.63. The van der Waals surface area contributed by atoms with Crippen LogP contribution in [0.2, 0.25) is 5.02 Å². The van der Waals surface area contributed by atoms with Crippen molar-refractivity contribution in [2.75, 3.05) is 0 Å². The van der Waals surface area contributed by atoms with Crippen LogP contribution in [0.4, 0.5) is 0 Å². The summed E-state index contributed by atoms with van der Waals surface area (Å²) in [5.41, 5.74) is 0.825. The highest BCUT2D eigenvalue weighted by molar-refractivity contribution is 7.91. The first-order valence-electron chi connectivity index (χ1n) is 10.0. The van der Waals surface area contributed by atoms with E-state index < -0.39 is 15.4 Å². The van der Waals surface area contributed by atoms with Gasteiger partial charge in [-0.1, -0.05) is 48.0 Å². The molecular formula is C24H17ClN4O3S. The molecule has 9 heteroatoms. The first kappa shape index (κ1) is 21.1. The van der Waals surface area contributed by atoms with Gasteiger partial charge in [0, 0.05) is 11.2 Å². The number of halogens is 1. The van der Waals surface area contributed by atoms with E-state index in [1.165, 1.54) is 39.3 Å². The second-order valence-electron chi connectivity index (χ2n) is 7.47. The van der Waals surface area contributed by atoms with Gasteiger partial charge in [0.05, 0.1) is 16.8 Å². The quantitative estimate of drug-likeness (QED) is 0.400. The Bertz CT molecular complexity index is 1740. The number of nitrogens with one attached hydrogen (secondary N) is 1. The van der Waals surface area contributed by atoms with Gasteiger partial charge in [-0.25, -0.2) is 13.4 Å². The molecule has 2 aromatic carbocycles. The van der Waals surface area contributed by atoms with Crippen molar-refractivity contribution in [1.29, 1.82) is 5.41 Å². The van der Waals surface area contributed by atoms with Crippen LogP contribution in [0.1, 0.15) is 5.56 Å². The molecular weight excluding hydrogens is 460 g/mol. The Morgan fingerprint density at radius 1 is 0.939 bits per heavy atom. The average Bonchev–Trinajstić information content (AvgIpc) is 2.82. The van der Waals surface area contributed by atoms with E-state index in [-0.39, 0.29) is 32.9 Å². The standard InChI is InChI=1S/C24H17ClN4O3S/c25-17-9-11-18(12-10-17)33(31,32)20-14-19-23(27-21-8-4-5-13-28(21)24(19)30)29(22(20)26)15-16-6-2-1-3-7-16/h1-14,26H,15H2. The Kier molecular flexibility index (Phi) is 5.11. The van der Waals surface area contributed by atoms with E-state index in [4.69, 9.17) is 17.0 Å². The van der Waals surface area contributed by atoms with E-state index in [0.29, 0.717) is 10.7 Å². The lowest BCUT2D eigenvalue weighted by atomic mass is 10.2. The molecule has 0 saturated heterocycles. The van der Waals surface area contributed by atoms with Gasteiger partial charge in [-0.3, -0.25) is 14.6 Å². The fourth-order valence-electron chi connectivity index (χ4n) is 3.73. The Hall–Kier alpha value is -3.75. The minimum absolute atomic E-state index is 0.0140. The summed E-state index contributed by atoms with van der Waals surface area (Å²) in [5, 5.41) is 9.32. The van der Waals surface area contributed by atoms with Crippen LogP contribution < -0.4 is 11.0 Å². The lowest BCUT2D eigenvalue weighted by molar-refractivity contribution is 0.591. The molecule has 0 amide bonds. The summed E-state index contributed by atoms with van der Waals surface area (Å²) >= 11 is 5.92. The van der Waals surface area contributed by atoms with Gasteiger partial charge in [-0.05, 0) is 48.0 Å². The van der Waals surface area contributed by atoms with Crippen molar-refractivity contribution >= 4 is 38.1 Å². The number of fused-ring (bicyclic) bond motifs is 2. The number of rotatable bonds is 4. The molecule has 0 bridgehead atoms. The smallest absolute Gasteiger partial charge is 0.267 e. The highest BCUT2D eigenvalue weighted by Crippen LogP contribution is 2.22. The number of benzene rings is 2. The van der Waals surface area contributed by atoms with Gasteiger partial charge in [0.1, 0.15) is 21.7 Å². The molecule has 3 aromatic heterocycles. The summed E-state index contributed by atoms with van der Waals surface area (Å²) in [5.74, 6) is 0. The SMILES string of the molecule is N=c1c(S(=O)(=O)c2ccc(Cl)cc2)cc2c(=O)n3ccccc3nc2n1Cc1ccccc1. The number of pyridine rings is 2. The van der Waals surface area contributed by atoms with E-state index >= 15 is 0 Å². The third-order valence-electron chi connectivity index (χ3n) is 5.38. The van der Waals surface area contributed by atoms with Crippen LogP contribution in [-0.2, 0) is 16.4 Å². The molecule has 0 unspecified atom stereocenters. The summed E-state index contributed by atoms with van der Waals surface area (Å²) in [4.78, 5) is 17.6. The van der Waals surface area contributed by atoms with Crippen LogP contribution in [0.3, 0.4) is 0 Å². The zero-order valence-electron chi connectivity index (χ0n) is 17.1. The van der Waals surface area contributed by atoms with Crippen molar-refractivity contribution in [3.05, 3.63) is 111 Å². The van der Waals surface area contributed by atoms with Gasteiger partial charge in [0.2, 0.25) is 9.84 Å². The van der Waals surface area contributed by atoms with Crippen molar-refractivity contribution in [2.24, 2.45) is 0 Å². The molecule has 0 atom stereocenters. The maximum Gasteiger partial charge on any atom is 0.267 e. The highest BCUT2D eigenvalue weighted by atomic mass is 35.5. The number of aromatic nitrogens is 3. The van der Waals surface area contributed by atoms with Gasteiger partial charge in [-0.15, -0.1) is 0 Å². The molecule has 5 rings (SSSR count). The van der Waals surface area contributed by atoms with Gasteiger partial charge in [0.15, 0.2) is 0 Å². The molecule has 7 nitrogen and oxygen atoms in total. The summed E-state index contributed by atoms with van der Waals surface area (Å²) < 4.78 is 29.8.